The standard InChI is InChI=1S/C25H24F2N4O2/c1-16(32)31(15-17-4-5-17)23-9-7-19(13-21(23)26)22-8-6-20(14-30-22)25(33)29-12-10-18-3-2-11-28-24(18)27/h2-3,6-9,11,13-14,17H,4-5,10,12,15H2,1H3,(H,29,33). The number of amides is 2. The van der Waals surface area contributed by atoms with Crippen molar-refractivity contribution in [1.29, 1.82) is 0 Å². The maximum atomic E-state index is 14.8. The summed E-state index contributed by atoms with van der Waals surface area (Å²) in [5.41, 5.74) is 2.09. The number of anilines is 1. The van der Waals surface area contributed by atoms with Gasteiger partial charge in [-0.05, 0) is 55.5 Å². The highest BCUT2D eigenvalue weighted by molar-refractivity contribution is 5.94. The first-order valence-corrected chi connectivity index (χ1v) is 10.8. The van der Waals surface area contributed by atoms with Crippen LogP contribution >= 0.6 is 0 Å². The van der Waals surface area contributed by atoms with E-state index in [1.165, 1.54) is 30.3 Å². The Bertz CT molecular complexity index is 1160. The van der Waals surface area contributed by atoms with E-state index in [1.807, 2.05) is 0 Å². The first-order valence-electron chi connectivity index (χ1n) is 10.8. The van der Waals surface area contributed by atoms with Gasteiger partial charge in [0.05, 0.1) is 16.9 Å². The zero-order chi connectivity index (χ0) is 23.4. The molecule has 4 rings (SSSR count). The molecule has 1 saturated carbocycles. The van der Waals surface area contributed by atoms with Gasteiger partial charge < -0.3 is 10.2 Å². The monoisotopic (exact) mass is 450 g/mol. The summed E-state index contributed by atoms with van der Waals surface area (Å²) in [5, 5.41) is 2.72. The number of benzene rings is 1. The second-order valence-corrected chi connectivity index (χ2v) is 8.13. The van der Waals surface area contributed by atoms with Crippen LogP contribution in [0.2, 0.25) is 0 Å². The molecule has 1 aromatic carbocycles. The van der Waals surface area contributed by atoms with Gasteiger partial charge in [-0.15, -0.1) is 0 Å². The predicted molar refractivity (Wildman–Crippen MR) is 121 cm³/mol. The fourth-order valence-corrected chi connectivity index (χ4v) is 3.56. The number of hydrogen-bond donors (Lipinski definition) is 1. The summed E-state index contributed by atoms with van der Waals surface area (Å²) >= 11 is 0. The molecule has 0 bridgehead atoms. The van der Waals surface area contributed by atoms with Gasteiger partial charge in [0.2, 0.25) is 11.9 Å². The molecule has 2 heterocycles. The number of carbonyl (C=O) groups excluding carboxylic acids is 2. The van der Waals surface area contributed by atoms with E-state index < -0.39 is 11.8 Å². The molecule has 0 unspecified atom stereocenters. The minimum Gasteiger partial charge on any atom is -0.352 e. The molecular weight excluding hydrogens is 426 g/mol. The number of hydrogen-bond acceptors (Lipinski definition) is 4. The average molecular weight is 450 g/mol. The molecule has 3 aromatic rings. The largest absolute Gasteiger partial charge is 0.352 e. The second-order valence-electron chi connectivity index (χ2n) is 8.13. The second kappa shape index (κ2) is 9.85. The predicted octanol–water partition coefficient (Wildman–Crippen LogP) is 4.16. The number of nitrogens with zero attached hydrogens (tertiary/aromatic N) is 3. The Labute approximate surface area is 190 Å². The fourth-order valence-electron chi connectivity index (χ4n) is 3.56. The lowest BCUT2D eigenvalue weighted by Crippen LogP contribution is -2.31. The molecule has 8 heteroatoms. The van der Waals surface area contributed by atoms with Crippen molar-refractivity contribution in [2.24, 2.45) is 5.92 Å². The summed E-state index contributed by atoms with van der Waals surface area (Å²) < 4.78 is 28.4. The molecule has 0 atom stereocenters. The SMILES string of the molecule is CC(=O)N(CC1CC1)c1ccc(-c2ccc(C(=O)NCCc3cccnc3F)cn2)cc1F. The van der Waals surface area contributed by atoms with Crippen LogP contribution < -0.4 is 10.2 Å². The van der Waals surface area contributed by atoms with Crippen LogP contribution in [-0.4, -0.2) is 34.9 Å². The number of pyridine rings is 2. The molecule has 0 spiro atoms. The molecule has 1 aliphatic carbocycles. The molecule has 2 aromatic heterocycles. The summed E-state index contributed by atoms with van der Waals surface area (Å²) in [6.07, 6.45) is 5.23. The number of nitrogens with one attached hydrogen (secondary N) is 1. The molecule has 0 saturated heterocycles. The molecule has 0 aliphatic heterocycles. The first kappa shape index (κ1) is 22.5. The van der Waals surface area contributed by atoms with E-state index in [-0.39, 0.29) is 24.0 Å². The highest BCUT2D eigenvalue weighted by Gasteiger charge is 2.27. The first-order chi connectivity index (χ1) is 15.9. The van der Waals surface area contributed by atoms with Gasteiger partial charge in [0.15, 0.2) is 0 Å². The molecule has 1 N–H and O–H groups in total. The molecule has 2 amide bonds. The number of carbonyl (C=O) groups is 2. The van der Waals surface area contributed by atoms with Gasteiger partial charge in [0.1, 0.15) is 5.82 Å². The summed E-state index contributed by atoms with van der Waals surface area (Å²) in [6.45, 7) is 2.22. The molecule has 0 radical (unpaired) electrons. The number of halogens is 2. The third kappa shape index (κ3) is 5.58. The van der Waals surface area contributed by atoms with Gasteiger partial charge in [-0.25, -0.2) is 9.37 Å². The van der Waals surface area contributed by atoms with Gasteiger partial charge in [-0.2, -0.15) is 4.39 Å². The molecular formula is C25H24F2N4O2. The number of aromatic nitrogens is 2. The molecule has 6 nitrogen and oxygen atoms in total. The summed E-state index contributed by atoms with van der Waals surface area (Å²) in [6, 6.07) is 11.2. The Morgan fingerprint density at radius 3 is 2.58 bits per heavy atom. The summed E-state index contributed by atoms with van der Waals surface area (Å²) in [4.78, 5) is 33.7. The Morgan fingerprint density at radius 1 is 1.12 bits per heavy atom. The number of rotatable bonds is 8. The highest BCUT2D eigenvalue weighted by Crippen LogP contribution is 2.33. The van der Waals surface area contributed by atoms with Gasteiger partial charge in [-0.3, -0.25) is 14.6 Å². The van der Waals surface area contributed by atoms with E-state index in [4.69, 9.17) is 0 Å². The van der Waals surface area contributed by atoms with E-state index in [0.717, 1.165) is 12.8 Å². The third-order valence-corrected chi connectivity index (χ3v) is 5.59. The van der Waals surface area contributed by atoms with Crippen LogP contribution in [-0.2, 0) is 11.2 Å². The van der Waals surface area contributed by atoms with E-state index in [1.54, 1.807) is 36.4 Å². The normalized spacial score (nSPS) is 12.9. The van der Waals surface area contributed by atoms with E-state index >= 15 is 0 Å². The molecule has 170 valence electrons. The molecule has 1 fully saturated rings. The van der Waals surface area contributed by atoms with Crippen molar-refractivity contribution in [3.05, 3.63) is 77.8 Å². The molecule has 33 heavy (non-hydrogen) atoms. The smallest absolute Gasteiger partial charge is 0.252 e. The lowest BCUT2D eigenvalue weighted by molar-refractivity contribution is -0.116. The Hall–Kier alpha value is -3.68. The summed E-state index contributed by atoms with van der Waals surface area (Å²) in [5.74, 6) is -1.12. The van der Waals surface area contributed by atoms with Crippen LogP contribution in [0.1, 0.15) is 35.7 Å². The van der Waals surface area contributed by atoms with Crippen LogP contribution in [0.5, 0.6) is 0 Å². The van der Waals surface area contributed by atoms with Crippen LogP contribution in [0.15, 0.2) is 54.9 Å². The van der Waals surface area contributed by atoms with Crippen molar-refractivity contribution < 1.29 is 18.4 Å². The van der Waals surface area contributed by atoms with Gasteiger partial charge in [-0.1, -0.05) is 12.1 Å². The Balaban J connectivity index is 1.40. The fraction of sp³-hybridized carbons (Fsp3) is 0.280. The van der Waals surface area contributed by atoms with E-state index in [2.05, 4.69) is 15.3 Å². The third-order valence-electron chi connectivity index (χ3n) is 5.59. The average Bonchev–Trinajstić information content (AvgIpc) is 3.63. The van der Waals surface area contributed by atoms with Crippen molar-refractivity contribution in [2.75, 3.05) is 18.0 Å². The van der Waals surface area contributed by atoms with Crippen molar-refractivity contribution in [3.8, 4) is 11.3 Å². The lowest BCUT2D eigenvalue weighted by atomic mass is 10.1. The molecule has 1 aliphatic rings. The Kier molecular flexibility index (Phi) is 6.72. The van der Waals surface area contributed by atoms with Crippen LogP contribution in [0.4, 0.5) is 14.5 Å². The van der Waals surface area contributed by atoms with E-state index in [9.17, 15) is 18.4 Å². The minimum atomic E-state index is -0.546. The highest BCUT2D eigenvalue weighted by atomic mass is 19.1. The maximum Gasteiger partial charge on any atom is 0.252 e. The zero-order valence-electron chi connectivity index (χ0n) is 18.2. The quantitative estimate of drug-likeness (QED) is 0.523. The lowest BCUT2D eigenvalue weighted by Gasteiger charge is -2.22. The van der Waals surface area contributed by atoms with Crippen molar-refractivity contribution in [3.63, 3.8) is 0 Å². The van der Waals surface area contributed by atoms with Gasteiger partial charge in [0, 0.05) is 43.5 Å². The van der Waals surface area contributed by atoms with E-state index in [0.29, 0.717) is 41.3 Å². The van der Waals surface area contributed by atoms with Crippen molar-refractivity contribution in [1.82, 2.24) is 15.3 Å². The summed E-state index contributed by atoms with van der Waals surface area (Å²) in [7, 11) is 0. The van der Waals surface area contributed by atoms with Crippen LogP contribution in [0.3, 0.4) is 0 Å². The van der Waals surface area contributed by atoms with Gasteiger partial charge >= 0.3 is 0 Å². The van der Waals surface area contributed by atoms with Crippen LogP contribution in [0.25, 0.3) is 11.3 Å². The minimum absolute atomic E-state index is 0.187. The topological polar surface area (TPSA) is 75.2 Å². The van der Waals surface area contributed by atoms with Crippen molar-refractivity contribution >= 4 is 17.5 Å². The van der Waals surface area contributed by atoms with Crippen LogP contribution in [0, 0.1) is 17.7 Å². The maximum absolute atomic E-state index is 14.8. The van der Waals surface area contributed by atoms with Gasteiger partial charge in [0.25, 0.3) is 5.91 Å². The van der Waals surface area contributed by atoms with Crippen molar-refractivity contribution in [2.45, 2.75) is 26.2 Å². The Morgan fingerprint density at radius 2 is 1.94 bits per heavy atom. The zero-order valence-corrected chi connectivity index (χ0v) is 18.2.